The van der Waals surface area contributed by atoms with Crippen LogP contribution in [0.4, 0.5) is 0 Å². The van der Waals surface area contributed by atoms with E-state index in [9.17, 15) is 4.79 Å². The van der Waals surface area contributed by atoms with Gasteiger partial charge >= 0.3 is 5.69 Å². The van der Waals surface area contributed by atoms with Crippen molar-refractivity contribution in [1.29, 1.82) is 0 Å². The standard InChI is InChI=1S/C16H21N3O/c1-3-5-13-6-8-14(9-7-13)15(17-2)12-19-11-4-10-18-16(19)20/h4,6-11,15,17H,3,5,12H2,1-2H3. The lowest BCUT2D eigenvalue weighted by molar-refractivity contribution is 0.485. The third-order valence-corrected chi connectivity index (χ3v) is 3.43. The summed E-state index contributed by atoms with van der Waals surface area (Å²) >= 11 is 0. The average molecular weight is 271 g/mol. The Morgan fingerprint density at radius 3 is 2.65 bits per heavy atom. The summed E-state index contributed by atoms with van der Waals surface area (Å²) in [6.07, 6.45) is 5.55. The molecule has 0 amide bonds. The molecule has 0 aliphatic heterocycles. The summed E-state index contributed by atoms with van der Waals surface area (Å²) < 4.78 is 1.63. The van der Waals surface area contributed by atoms with Gasteiger partial charge in [0.2, 0.25) is 0 Å². The lowest BCUT2D eigenvalue weighted by Crippen LogP contribution is -2.29. The number of aryl methyl sites for hydroxylation is 1. The van der Waals surface area contributed by atoms with E-state index in [0.29, 0.717) is 6.54 Å². The molecule has 2 rings (SSSR count). The molecule has 0 saturated carbocycles. The number of likely N-dealkylation sites (N-methyl/N-ethyl adjacent to an activating group) is 1. The summed E-state index contributed by atoms with van der Waals surface area (Å²) in [7, 11) is 1.91. The lowest BCUT2D eigenvalue weighted by Gasteiger charge is -2.18. The molecule has 1 atom stereocenters. The van der Waals surface area contributed by atoms with Crippen molar-refractivity contribution in [2.75, 3.05) is 7.05 Å². The van der Waals surface area contributed by atoms with E-state index in [1.807, 2.05) is 7.05 Å². The molecule has 1 N–H and O–H groups in total. The Balaban J connectivity index is 2.16. The highest BCUT2D eigenvalue weighted by Gasteiger charge is 2.10. The number of nitrogens with one attached hydrogen (secondary N) is 1. The van der Waals surface area contributed by atoms with E-state index in [4.69, 9.17) is 0 Å². The fourth-order valence-corrected chi connectivity index (χ4v) is 2.29. The molecule has 4 nitrogen and oxygen atoms in total. The quantitative estimate of drug-likeness (QED) is 0.875. The van der Waals surface area contributed by atoms with Gasteiger partial charge < -0.3 is 5.32 Å². The van der Waals surface area contributed by atoms with Crippen molar-refractivity contribution < 1.29 is 0 Å². The zero-order chi connectivity index (χ0) is 14.4. The van der Waals surface area contributed by atoms with E-state index in [-0.39, 0.29) is 11.7 Å². The summed E-state index contributed by atoms with van der Waals surface area (Å²) in [6, 6.07) is 10.5. The third kappa shape index (κ3) is 3.54. The predicted octanol–water partition coefficient (Wildman–Crippen LogP) is 2.16. The van der Waals surface area contributed by atoms with Crippen LogP contribution in [-0.2, 0) is 13.0 Å². The summed E-state index contributed by atoms with van der Waals surface area (Å²) in [4.78, 5) is 15.4. The molecule has 0 aliphatic carbocycles. The Morgan fingerprint density at radius 1 is 1.30 bits per heavy atom. The van der Waals surface area contributed by atoms with Crippen molar-refractivity contribution >= 4 is 0 Å². The highest BCUT2D eigenvalue weighted by molar-refractivity contribution is 5.25. The monoisotopic (exact) mass is 271 g/mol. The number of hydrogen-bond donors (Lipinski definition) is 1. The molecule has 1 aromatic carbocycles. The van der Waals surface area contributed by atoms with Gasteiger partial charge in [0.25, 0.3) is 0 Å². The maximum Gasteiger partial charge on any atom is 0.347 e. The highest BCUT2D eigenvalue weighted by Crippen LogP contribution is 2.16. The topological polar surface area (TPSA) is 46.9 Å². The fraction of sp³-hybridized carbons (Fsp3) is 0.375. The van der Waals surface area contributed by atoms with Crippen molar-refractivity contribution in [3.63, 3.8) is 0 Å². The van der Waals surface area contributed by atoms with Crippen molar-refractivity contribution in [2.24, 2.45) is 0 Å². The van der Waals surface area contributed by atoms with Crippen LogP contribution in [0.25, 0.3) is 0 Å². The lowest BCUT2D eigenvalue weighted by atomic mass is 10.0. The second kappa shape index (κ2) is 7.01. The molecule has 0 fully saturated rings. The van der Waals surface area contributed by atoms with E-state index in [1.54, 1.807) is 16.8 Å². The van der Waals surface area contributed by atoms with Crippen molar-refractivity contribution in [2.45, 2.75) is 32.4 Å². The minimum atomic E-state index is -0.213. The number of benzene rings is 1. The SMILES string of the molecule is CCCc1ccc(C(Cn2cccnc2=O)NC)cc1. The molecule has 4 heteroatoms. The Bertz CT molecular complexity index is 589. The maximum atomic E-state index is 11.7. The Hall–Kier alpha value is -1.94. The molecule has 0 spiro atoms. The van der Waals surface area contributed by atoms with Crippen molar-refractivity contribution in [3.8, 4) is 0 Å². The van der Waals surface area contributed by atoms with E-state index in [0.717, 1.165) is 12.8 Å². The molecule has 20 heavy (non-hydrogen) atoms. The first kappa shape index (κ1) is 14.5. The molecule has 1 aromatic heterocycles. The van der Waals surface area contributed by atoms with Crippen LogP contribution in [0.2, 0.25) is 0 Å². The molecule has 1 heterocycles. The Morgan fingerprint density at radius 2 is 2.05 bits per heavy atom. The second-order valence-corrected chi connectivity index (χ2v) is 4.89. The van der Waals surface area contributed by atoms with Gasteiger partial charge in [-0.3, -0.25) is 4.57 Å². The first-order chi connectivity index (χ1) is 9.74. The molecular formula is C16H21N3O. The van der Waals surface area contributed by atoms with Crippen LogP contribution in [0.3, 0.4) is 0 Å². The third-order valence-electron chi connectivity index (χ3n) is 3.43. The van der Waals surface area contributed by atoms with Gasteiger partial charge in [0.1, 0.15) is 0 Å². The van der Waals surface area contributed by atoms with Crippen LogP contribution in [0, 0.1) is 0 Å². The normalized spacial score (nSPS) is 12.3. The molecule has 106 valence electrons. The summed E-state index contributed by atoms with van der Waals surface area (Å²) in [6.45, 7) is 2.76. The highest BCUT2D eigenvalue weighted by atomic mass is 16.1. The number of hydrogen-bond acceptors (Lipinski definition) is 3. The van der Waals surface area contributed by atoms with E-state index < -0.39 is 0 Å². The van der Waals surface area contributed by atoms with E-state index >= 15 is 0 Å². The van der Waals surface area contributed by atoms with Crippen LogP contribution < -0.4 is 11.0 Å². The maximum absolute atomic E-state index is 11.7. The summed E-state index contributed by atoms with van der Waals surface area (Å²) in [5.74, 6) is 0. The van der Waals surface area contributed by atoms with Gasteiger partial charge in [0, 0.05) is 18.9 Å². The van der Waals surface area contributed by atoms with Crippen LogP contribution in [-0.4, -0.2) is 16.6 Å². The average Bonchev–Trinajstić information content (AvgIpc) is 2.48. The minimum absolute atomic E-state index is 0.104. The van der Waals surface area contributed by atoms with Gasteiger partial charge in [-0.05, 0) is 30.7 Å². The van der Waals surface area contributed by atoms with Gasteiger partial charge in [-0.1, -0.05) is 37.6 Å². The smallest absolute Gasteiger partial charge is 0.312 e. The number of nitrogens with zero attached hydrogens (tertiary/aromatic N) is 2. The molecule has 0 saturated heterocycles. The molecule has 2 aromatic rings. The Labute approximate surface area is 119 Å². The first-order valence-corrected chi connectivity index (χ1v) is 7.02. The zero-order valence-corrected chi connectivity index (χ0v) is 12.0. The van der Waals surface area contributed by atoms with Gasteiger partial charge in [-0.15, -0.1) is 0 Å². The van der Waals surface area contributed by atoms with Gasteiger partial charge in [-0.2, -0.15) is 0 Å². The molecular weight excluding hydrogens is 250 g/mol. The predicted molar refractivity (Wildman–Crippen MR) is 80.7 cm³/mol. The first-order valence-electron chi connectivity index (χ1n) is 7.02. The minimum Gasteiger partial charge on any atom is -0.312 e. The van der Waals surface area contributed by atoms with Crippen LogP contribution >= 0.6 is 0 Å². The fourth-order valence-electron chi connectivity index (χ4n) is 2.29. The summed E-state index contributed by atoms with van der Waals surface area (Å²) in [5.41, 5.74) is 2.32. The van der Waals surface area contributed by atoms with Gasteiger partial charge in [0.15, 0.2) is 0 Å². The molecule has 0 radical (unpaired) electrons. The van der Waals surface area contributed by atoms with Crippen LogP contribution in [0.5, 0.6) is 0 Å². The summed E-state index contributed by atoms with van der Waals surface area (Å²) in [5, 5.41) is 3.26. The number of rotatable bonds is 6. The van der Waals surface area contributed by atoms with Gasteiger partial charge in [0.05, 0.1) is 6.04 Å². The van der Waals surface area contributed by atoms with Crippen LogP contribution in [0.1, 0.15) is 30.5 Å². The van der Waals surface area contributed by atoms with Crippen molar-refractivity contribution in [3.05, 3.63) is 64.3 Å². The van der Waals surface area contributed by atoms with Crippen molar-refractivity contribution in [1.82, 2.24) is 14.9 Å². The van der Waals surface area contributed by atoms with Crippen LogP contribution in [0.15, 0.2) is 47.5 Å². The largest absolute Gasteiger partial charge is 0.347 e. The molecule has 1 unspecified atom stereocenters. The molecule has 0 aliphatic rings. The van der Waals surface area contributed by atoms with E-state index in [1.165, 1.54) is 17.3 Å². The Kier molecular flexibility index (Phi) is 5.07. The van der Waals surface area contributed by atoms with E-state index in [2.05, 4.69) is 41.5 Å². The number of aromatic nitrogens is 2. The zero-order valence-electron chi connectivity index (χ0n) is 12.0. The second-order valence-electron chi connectivity index (χ2n) is 4.89. The molecule has 0 bridgehead atoms. The van der Waals surface area contributed by atoms with Gasteiger partial charge in [-0.25, -0.2) is 9.78 Å².